The summed E-state index contributed by atoms with van der Waals surface area (Å²) in [6.45, 7) is 3.75. The van der Waals surface area contributed by atoms with E-state index in [2.05, 4.69) is 27.2 Å². The van der Waals surface area contributed by atoms with E-state index >= 15 is 0 Å². The molecule has 0 amide bonds. The zero-order valence-corrected chi connectivity index (χ0v) is 8.93. The van der Waals surface area contributed by atoms with Crippen molar-refractivity contribution >= 4 is 6.47 Å². The van der Waals surface area contributed by atoms with Gasteiger partial charge in [-0.15, -0.1) is 5.10 Å². The van der Waals surface area contributed by atoms with Crippen LogP contribution in [0.4, 0.5) is 0 Å². The number of aromatic nitrogens is 4. The standard InChI is InChI=1S/C9H16N4O2/c1-2-3-4-6-13-9(10-11-12-13)5-7-15-8-14/h8H,2-7H2,1H3. The molecule has 0 N–H and O–H groups in total. The predicted molar refractivity (Wildman–Crippen MR) is 53.1 cm³/mol. The largest absolute Gasteiger partial charge is 0.467 e. The van der Waals surface area contributed by atoms with Crippen LogP contribution in [0.15, 0.2) is 0 Å². The molecule has 0 spiro atoms. The van der Waals surface area contributed by atoms with Gasteiger partial charge in [0.05, 0.1) is 6.61 Å². The Balaban J connectivity index is 2.35. The molecule has 0 fully saturated rings. The zero-order chi connectivity index (χ0) is 10.9. The van der Waals surface area contributed by atoms with Crippen LogP contribution in [-0.4, -0.2) is 33.3 Å². The third kappa shape index (κ3) is 4.05. The summed E-state index contributed by atoms with van der Waals surface area (Å²) in [6, 6.07) is 0. The number of ether oxygens (including phenoxy) is 1. The SMILES string of the molecule is CCCCCn1nnnc1CCOC=O. The van der Waals surface area contributed by atoms with Gasteiger partial charge < -0.3 is 4.74 Å². The molecule has 0 radical (unpaired) electrons. The minimum Gasteiger partial charge on any atom is -0.467 e. The molecule has 15 heavy (non-hydrogen) atoms. The number of nitrogens with zero attached hydrogens (tertiary/aromatic N) is 4. The molecule has 0 saturated heterocycles. The second-order valence-electron chi connectivity index (χ2n) is 3.24. The summed E-state index contributed by atoms with van der Waals surface area (Å²) < 4.78 is 6.37. The molecule has 1 rings (SSSR count). The third-order valence-electron chi connectivity index (χ3n) is 2.09. The number of rotatable bonds is 8. The van der Waals surface area contributed by atoms with Crippen molar-refractivity contribution in [3.63, 3.8) is 0 Å². The van der Waals surface area contributed by atoms with Gasteiger partial charge in [-0.05, 0) is 16.8 Å². The van der Waals surface area contributed by atoms with E-state index in [0.29, 0.717) is 19.5 Å². The first kappa shape index (κ1) is 11.6. The van der Waals surface area contributed by atoms with Crippen LogP contribution in [0.25, 0.3) is 0 Å². The lowest BCUT2D eigenvalue weighted by Crippen LogP contribution is -2.08. The number of aryl methyl sites for hydroxylation is 1. The highest BCUT2D eigenvalue weighted by Crippen LogP contribution is 2.00. The van der Waals surface area contributed by atoms with E-state index in [1.54, 1.807) is 4.68 Å². The van der Waals surface area contributed by atoms with Crippen LogP contribution in [-0.2, 0) is 22.5 Å². The average molecular weight is 212 g/mol. The smallest absolute Gasteiger partial charge is 0.293 e. The van der Waals surface area contributed by atoms with Crippen LogP contribution in [0.3, 0.4) is 0 Å². The van der Waals surface area contributed by atoms with E-state index in [4.69, 9.17) is 0 Å². The second-order valence-corrected chi connectivity index (χ2v) is 3.24. The molecule has 1 heterocycles. The summed E-state index contributed by atoms with van der Waals surface area (Å²) >= 11 is 0. The predicted octanol–water partition coefficient (Wildman–Crippen LogP) is 0.579. The lowest BCUT2D eigenvalue weighted by Gasteiger charge is -2.02. The van der Waals surface area contributed by atoms with Gasteiger partial charge in [0.15, 0.2) is 5.82 Å². The van der Waals surface area contributed by atoms with E-state index < -0.39 is 0 Å². The van der Waals surface area contributed by atoms with Gasteiger partial charge in [-0.1, -0.05) is 19.8 Å². The van der Waals surface area contributed by atoms with E-state index in [0.717, 1.165) is 18.8 Å². The molecule has 0 atom stereocenters. The second kappa shape index (κ2) is 6.92. The van der Waals surface area contributed by atoms with E-state index in [1.807, 2.05) is 0 Å². The Bertz CT molecular complexity index is 287. The van der Waals surface area contributed by atoms with Crippen molar-refractivity contribution in [3.05, 3.63) is 5.82 Å². The van der Waals surface area contributed by atoms with Crippen LogP contribution in [0.1, 0.15) is 32.0 Å². The summed E-state index contributed by atoms with van der Waals surface area (Å²) in [5.74, 6) is 0.771. The maximum atomic E-state index is 9.95. The van der Waals surface area contributed by atoms with Crippen LogP contribution in [0.2, 0.25) is 0 Å². The molecule has 6 heteroatoms. The number of tetrazole rings is 1. The Labute approximate surface area is 88.6 Å². The maximum absolute atomic E-state index is 9.95. The quantitative estimate of drug-likeness (QED) is 0.465. The van der Waals surface area contributed by atoms with Crippen molar-refractivity contribution in [1.29, 1.82) is 0 Å². The normalized spacial score (nSPS) is 10.2. The molecular weight excluding hydrogens is 196 g/mol. The summed E-state index contributed by atoms with van der Waals surface area (Å²) in [5.41, 5.74) is 0. The molecule has 0 aliphatic rings. The van der Waals surface area contributed by atoms with Crippen LogP contribution >= 0.6 is 0 Å². The van der Waals surface area contributed by atoms with Gasteiger partial charge in [0, 0.05) is 13.0 Å². The fourth-order valence-electron chi connectivity index (χ4n) is 1.29. The molecule has 0 aliphatic heterocycles. The van der Waals surface area contributed by atoms with Crippen molar-refractivity contribution in [2.45, 2.75) is 39.2 Å². The first-order valence-electron chi connectivity index (χ1n) is 5.18. The number of hydrogen-bond acceptors (Lipinski definition) is 5. The lowest BCUT2D eigenvalue weighted by atomic mass is 10.2. The monoisotopic (exact) mass is 212 g/mol. The van der Waals surface area contributed by atoms with Crippen molar-refractivity contribution < 1.29 is 9.53 Å². The van der Waals surface area contributed by atoms with Crippen molar-refractivity contribution in [3.8, 4) is 0 Å². The molecule has 0 aromatic carbocycles. The van der Waals surface area contributed by atoms with Gasteiger partial charge in [0.1, 0.15) is 0 Å². The Kier molecular flexibility index (Phi) is 5.35. The molecule has 0 bridgehead atoms. The van der Waals surface area contributed by atoms with Crippen molar-refractivity contribution in [2.24, 2.45) is 0 Å². The molecular formula is C9H16N4O2. The molecule has 84 valence electrons. The molecule has 1 aromatic rings. The Morgan fingerprint density at radius 3 is 3.07 bits per heavy atom. The maximum Gasteiger partial charge on any atom is 0.293 e. The highest BCUT2D eigenvalue weighted by atomic mass is 16.5. The fraction of sp³-hybridized carbons (Fsp3) is 0.778. The first-order valence-corrected chi connectivity index (χ1v) is 5.18. The molecule has 6 nitrogen and oxygen atoms in total. The zero-order valence-electron chi connectivity index (χ0n) is 8.93. The van der Waals surface area contributed by atoms with Gasteiger partial charge in [0.2, 0.25) is 0 Å². The van der Waals surface area contributed by atoms with Gasteiger partial charge in [-0.3, -0.25) is 4.79 Å². The van der Waals surface area contributed by atoms with Crippen LogP contribution < -0.4 is 0 Å². The lowest BCUT2D eigenvalue weighted by molar-refractivity contribution is -0.128. The highest BCUT2D eigenvalue weighted by Gasteiger charge is 2.04. The minimum absolute atomic E-state index is 0.331. The molecule has 0 aliphatic carbocycles. The number of carbonyl (C=O) groups excluding carboxylic acids is 1. The number of unbranched alkanes of at least 4 members (excludes halogenated alkanes) is 2. The molecule has 1 aromatic heterocycles. The highest BCUT2D eigenvalue weighted by molar-refractivity contribution is 5.36. The minimum atomic E-state index is 0.331. The van der Waals surface area contributed by atoms with Gasteiger partial charge in [-0.25, -0.2) is 4.68 Å². The fourth-order valence-corrected chi connectivity index (χ4v) is 1.29. The summed E-state index contributed by atoms with van der Waals surface area (Å²) in [7, 11) is 0. The first-order chi connectivity index (χ1) is 7.38. The van der Waals surface area contributed by atoms with Crippen LogP contribution in [0, 0.1) is 0 Å². The molecule has 0 saturated carbocycles. The van der Waals surface area contributed by atoms with Crippen molar-refractivity contribution in [2.75, 3.05) is 6.61 Å². The van der Waals surface area contributed by atoms with Crippen molar-refractivity contribution in [1.82, 2.24) is 20.2 Å². The summed E-state index contributed by atoms with van der Waals surface area (Å²) in [4.78, 5) is 9.95. The summed E-state index contributed by atoms with van der Waals surface area (Å²) in [5, 5.41) is 11.3. The van der Waals surface area contributed by atoms with Gasteiger partial charge in [-0.2, -0.15) is 0 Å². The number of hydrogen-bond donors (Lipinski definition) is 0. The van der Waals surface area contributed by atoms with Gasteiger partial charge >= 0.3 is 0 Å². The third-order valence-corrected chi connectivity index (χ3v) is 2.09. The summed E-state index contributed by atoms with van der Waals surface area (Å²) in [6.07, 6.45) is 3.98. The Morgan fingerprint density at radius 1 is 1.47 bits per heavy atom. The van der Waals surface area contributed by atoms with Crippen LogP contribution in [0.5, 0.6) is 0 Å². The van der Waals surface area contributed by atoms with E-state index in [9.17, 15) is 4.79 Å². The Hall–Kier alpha value is -1.46. The molecule has 0 unspecified atom stereocenters. The van der Waals surface area contributed by atoms with E-state index in [-0.39, 0.29) is 0 Å². The topological polar surface area (TPSA) is 69.9 Å². The number of carbonyl (C=O) groups is 1. The van der Waals surface area contributed by atoms with E-state index in [1.165, 1.54) is 12.8 Å². The van der Waals surface area contributed by atoms with Gasteiger partial charge in [0.25, 0.3) is 6.47 Å². The Morgan fingerprint density at radius 2 is 2.33 bits per heavy atom. The average Bonchev–Trinajstić information content (AvgIpc) is 2.67.